The van der Waals surface area contributed by atoms with Gasteiger partial charge in [-0.2, -0.15) is 0 Å². The lowest BCUT2D eigenvalue weighted by molar-refractivity contribution is 0.436. The zero-order chi connectivity index (χ0) is 12.5. The van der Waals surface area contributed by atoms with Crippen molar-refractivity contribution in [2.24, 2.45) is 5.92 Å². The quantitative estimate of drug-likeness (QED) is 0.663. The van der Waals surface area contributed by atoms with Crippen LogP contribution in [0.1, 0.15) is 51.5 Å². The maximum atomic E-state index is 3.56. The van der Waals surface area contributed by atoms with Gasteiger partial charge in [0.25, 0.3) is 0 Å². The zero-order valence-corrected chi connectivity index (χ0v) is 11.6. The lowest BCUT2D eigenvalue weighted by Crippen LogP contribution is -2.23. The Hall–Kier alpha value is -0.820. The van der Waals surface area contributed by atoms with Crippen molar-refractivity contribution >= 4 is 0 Å². The fourth-order valence-corrected chi connectivity index (χ4v) is 2.17. The van der Waals surface area contributed by atoms with E-state index in [1.54, 1.807) is 0 Å². The smallest absolute Gasteiger partial charge is 0.00202 e. The minimum Gasteiger partial charge on any atom is -0.316 e. The van der Waals surface area contributed by atoms with Gasteiger partial charge in [-0.15, -0.1) is 0 Å². The van der Waals surface area contributed by atoms with Crippen LogP contribution in [0.4, 0.5) is 0 Å². The second-order valence-electron chi connectivity index (χ2n) is 5.06. The third-order valence-electron chi connectivity index (χ3n) is 3.47. The Morgan fingerprint density at radius 2 is 1.82 bits per heavy atom. The van der Waals surface area contributed by atoms with Gasteiger partial charge in [0.2, 0.25) is 0 Å². The first kappa shape index (κ1) is 14.2. The number of benzene rings is 1. The van der Waals surface area contributed by atoms with Crippen LogP contribution in [0.3, 0.4) is 0 Å². The van der Waals surface area contributed by atoms with Gasteiger partial charge in [0.15, 0.2) is 0 Å². The number of rotatable bonds is 8. The highest BCUT2D eigenvalue weighted by atomic mass is 14.8. The molecule has 0 fully saturated rings. The van der Waals surface area contributed by atoms with E-state index in [-0.39, 0.29) is 0 Å². The topological polar surface area (TPSA) is 12.0 Å². The molecule has 1 heteroatoms. The maximum Gasteiger partial charge on any atom is 0.00202 e. The first-order valence-electron chi connectivity index (χ1n) is 7.03. The highest BCUT2D eigenvalue weighted by Crippen LogP contribution is 2.24. The van der Waals surface area contributed by atoms with Crippen molar-refractivity contribution in [2.75, 3.05) is 13.1 Å². The summed E-state index contributed by atoms with van der Waals surface area (Å²) in [5, 5.41) is 3.56. The molecular weight excluding hydrogens is 206 g/mol. The first-order valence-corrected chi connectivity index (χ1v) is 7.03. The van der Waals surface area contributed by atoms with E-state index in [0.29, 0.717) is 5.92 Å². The van der Waals surface area contributed by atoms with E-state index in [1.165, 1.54) is 24.8 Å². The summed E-state index contributed by atoms with van der Waals surface area (Å²) in [7, 11) is 0. The molecule has 2 unspecified atom stereocenters. The van der Waals surface area contributed by atoms with Crippen molar-refractivity contribution < 1.29 is 0 Å². The summed E-state index contributed by atoms with van der Waals surface area (Å²) in [6, 6.07) is 10.9. The predicted molar refractivity (Wildman–Crippen MR) is 76.4 cm³/mol. The summed E-state index contributed by atoms with van der Waals surface area (Å²) in [4.78, 5) is 0. The molecule has 1 aromatic rings. The Bertz CT molecular complexity index is 281. The SMILES string of the molecule is CCCNCC(CC(C)CC)c1ccccc1. The van der Waals surface area contributed by atoms with Crippen LogP contribution in [0.15, 0.2) is 30.3 Å². The van der Waals surface area contributed by atoms with Crippen LogP contribution in [-0.2, 0) is 0 Å². The molecule has 0 saturated carbocycles. The summed E-state index contributed by atoms with van der Waals surface area (Å²) in [6.07, 6.45) is 3.78. The van der Waals surface area contributed by atoms with Crippen LogP contribution in [0, 0.1) is 5.92 Å². The molecule has 0 aliphatic rings. The minimum atomic E-state index is 0.665. The molecule has 1 nitrogen and oxygen atoms in total. The Kier molecular flexibility index (Phi) is 6.95. The first-order chi connectivity index (χ1) is 8.27. The molecule has 1 N–H and O–H groups in total. The fourth-order valence-electron chi connectivity index (χ4n) is 2.17. The van der Waals surface area contributed by atoms with E-state index in [9.17, 15) is 0 Å². The van der Waals surface area contributed by atoms with Crippen molar-refractivity contribution in [3.8, 4) is 0 Å². The van der Waals surface area contributed by atoms with Gasteiger partial charge < -0.3 is 5.32 Å². The van der Waals surface area contributed by atoms with Gasteiger partial charge >= 0.3 is 0 Å². The van der Waals surface area contributed by atoms with Gasteiger partial charge in [-0.05, 0) is 36.8 Å². The van der Waals surface area contributed by atoms with Gasteiger partial charge in [0, 0.05) is 6.54 Å². The van der Waals surface area contributed by atoms with Crippen molar-refractivity contribution in [3.63, 3.8) is 0 Å². The molecule has 0 aliphatic carbocycles. The van der Waals surface area contributed by atoms with Crippen molar-refractivity contribution in [2.45, 2.75) is 46.0 Å². The average molecular weight is 233 g/mol. The molecule has 17 heavy (non-hydrogen) atoms. The summed E-state index contributed by atoms with van der Waals surface area (Å²) >= 11 is 0. The molecular formula is C16H27N. The largest absolute Gasteiger partial charge is 0.316 e. The summed E-state index contributed by atoms with van der Waals surface area (Å²) in [5.74, 6) is 1.47. The monoisotopic (exact) mass is 233 g/mol. The third-order valence-corrected chi connectivity index (χ3v) is 3.47. The standard InChI is InChI=1S/C16H27N/c1-4-11-17-13-16(12-14(3)5-2)15-9-7-6-8-10-15/h6-10,14,16-17H,4-5,11-13H2,1-3H3. The zero-order valence-electron chi connectivity index (χ0n) is 11.6. The van der Waals surface area contributed by atoms with Crippen LogP contribution in [0.2, 0.25) is 0 Å². The van der Waals surface area contributed by atoms with E-state index >= 15 is 0 Å². The molecule has 0 amide bonds. The predicted octanol–water partition coefficient (Wildman–Crippen LogP) is 4.21. The number of hydrogen-bond acceptors (Lipinski definition) is 1. The van der Waals surface area contributed by atoms with Gasteiger partial charge in [-0.1, -0.05) is 57.5 Å². The Morgan fingerprint density at radius 1 is 1.12 bits per heavy atom. The van der Waals surface area contributed by atoms with Crippen molar-refractivity contribution in [1.82, 2.24) is 5.32 Å². The summed E-state index contributed by atoms with van der Waals surface area (Å²) in [6.45, 7) is 9.10. The van der Waals surface area contributed by atoms with Crippen molar-refractivity contribution in [3.05, 3.63) is 35.9 Å². The molecule has 1 aromatic carbocycles. The number of nitrogens with one attached hydrogen (secondary N) is 1. The van der Waals surface area contributed by atoms with Crippen molar-refractivity contribution in [1.29, 1.82) is 0 Å². The third kappa shape index (κ3) is 5.36. The van der Waals surface area contributed by atoms with Crippen LogP contribution < -0.4 is 5.32 Å². The molecule has 1 rings (SSSR count). The highest BCUT2D eigenvalue weighted by molar-refractivity contribution is 5.19. The van der Waals surface area contributed by atoms with Crippen LogP contribution in [-0.4, -0.2) is 13.1 Å². The average Bonchev–Trinajstić information content (AvgIpc) is 2.38. The lowest BCUT2D eigenvalue weighted by atomic mass is 9.88. The second kappa shape index (κ2) is 8.30. The summed E-state index contributed by atoms with van der Waals surface area (Å²) < 4.78 is 0. The lowest BCUT2D eigenvalue weighted by Gasteiger charge is -2.21. The second-order valence-corrected chi connectivity index (χ2v) is 5.06. The molecule has 0 saturated heterocycles. The number of hydrogen-bond donors (Lipinski definition) is 1. The van der Waals surface area contributed by atoms with Gasteiger partial charge in [-0.3, -0.25) is 0 Å². The molecule has 0 spiro atoms. The Morgan fingerprint density at radius 3 is 2.41 bits per heavy atom. The molecule has 0 aliphatic heterocycles. The van der Waals surface area contributed by atoms with E-state index < -0.39 is 0 Å². The Balaban J connectivity index is 2.58. The van der Waals surface area contributed by atoms with Crippen LogP contribution >= 0.6 is 0 Å². The van der Waals surface area contributed by atoms with E-state index in [1.807, 2.05) is 0 Å². The van der Waals surface area contributed by atoms with Gasteiger partial charge in [0.05, 0.1) is 0 Å². The minimum absolute atomic E-state index is 0.665. The van der Waals surface area contributed by atoms with Gasteiger partial charge in [0.1, 0.15) is 0 Å². The molecule has 0 heterocycles. The fraction of sp³-hybridized carbons (Fsp3) is 0.625. The van der Waals surface area contributed by atoms with Crippen LogP contribution in [0.25, 0.3) is 0 Å². The molecule has 0 aromatic heterocycles. The van der Waals surface area contributed by atoms with E-state index in [4.69, 9.17) is 0 Å². The van der Waals surface area contributed by atoms with E-state index in [0.717, 1.165) is 19.0 Å². The van der Waals surface area contributed by atoms with Gasteiger partial charge in [-0.25, -0.2) is 0 Å². The highest BCUT2D eigenvalue weighted by Gasteiger charge is 2.13. The molecule has 0 bridgehead atoms. The normalized spacial score (nSPS) is 14.5. The molecule has 2 atom stereocenters. The Labute approximate surface area is 107 Å². The van der Waals surface area contributed by atoms with E-state index in [2.05, 4.69) is 56.4 Å². The summed E-state index contributed by atoms with van der Waals surface area (Å²) in [5.41, 5.74) is 1.48. The van der Waals surface area contributed by atoms with Crippen LogP contribution in [0.5, 0.6) is 0 Å². The molecule has 0 radical (unpaired) electrons. The maximum absolute atomic E-state index is 3.56. The molecule has 96 valence electrons.